The van der Waals surface area contributed by atoms with Gasteiger partial charge in [0.05, 0.1) is 7.11 Å². The maximum Gasteiger partial charge on any atom is 0.265 e. The lowest BCUT2D eigenvalue weighted by molar-refractivity contribution is 0.377. The Morgan fingerprint density at radius 1 is 1.10 bits per heavy atom. The van der Waals surface area contributed by atoms with Crippen molar-refractivity contribution in [2.24, 2.45) is 7.05 Å². The second kappa shape index (κ2) is 4.52. The molecule has 5 nitrogen and oxygen atoms in total. The fraction of sp³-hybridized carbons (Fsp3) is 0.200. The van der Waals surface area contributed by atoms with Gasteiger partial charge < -0.3 is 4.74 Å². The molecule has 0 radical (unpaired) electrons. The summed E-state index contributed by atoms with van der Waals surface area (Å²) in [6, 6.07) is 11.2. The number of benzene rings is 1. The van der Waals surface area contributed by atoms with E-state index in [-0.39, 0.29) is 5.56 Å². The number of hydrogen-bond donors (Lipinski definition) is 0. The van der Waals surface area contributed by atoms with Crippen molar-refractivity contribution in [1.29, 1.82) is 0 Å². The van der Waals surface area contributed by atoms with E-state index >= 15 is 0 Å². The molecule has 20 heavy (non-hydrogen) atoms. The molecule has 0 spiro atoms. The van der Waals surface area contributed by atoms with E-state index in [0.29, 0.717) is 11.5 Å². The molecule has 0 aliphatic carbocycles. The van der Waals surface area contributed by atoms with Gasteiger partial charge in [-0.15, -0.1) is 0 Å². The van der Waals surface area contributed by atoms with Crippen LogP contribution in [0.15, 0.2) is 41.2 Å². The number of imidazole rings is 1. The fourth-order valence-corrected chi connectivity index (χ4v) is 2.25. The normalized spacial score (nSPS) is 10.9. The monoisotopic (exact) mass is 269 g/mol. The zero-order chi connectivity index (χ0) is 14.3. The number of ether oxygens (including phenoxy) is 1. The number of fused-ring (bicyclic) bond motifs is 1. The van der Waals surface area contributed by atoms with Gasteiger partial charge in [0.25, 0.3) is 5.56 Å². The van der Waals surface area contributed by atoms with Crippen LogP contribution in [0.2, 0.25) is 0 Å². The molecule has 0 bridgehead atoms. The van der Waals surface area contributed by atoms with Crippen molar-refractivity contribution in [1.82, 2.24) is 14.2 Å². The molecule has 3 rings (SSSR count). The Kier molecular flexibility index (Phi) is 2.82. The van der Waals surface area contributed by atoms with Crippen molar-refractivity contribution in [3.63, 3.8) is 0 Å². The summed E-state index contributed by atoms with van der Waals surface area (Å²) in [7, 11) is 3.27. The average molecular weight is 269 g/mol. The molecule has 0 aliphatic heterocycles. The van der Waals surface area contributed by atoms with Gasteiger partial charge in [-0.3, -0.25) is 4.79 Å². The van der Waals surface area contributed by atoms with Crippen LogP contribution in [0.5, 0.6) is 5.88 Å². The van der Waals surface area contributed by atoms with Crippen molar-refractivity contribution in [2.75, 3.05) is 7.11 Å². The maximum atomic E-state index is 11.8. The van der Waals surface area contributed by atoms with Gasteiger partial charge in [0.15, 0.2) is 5.65 Å². The first-order valence-electron chi connectivity index (χ1n) is 6.31. The van der Waals surface area contributed by atoms with Crippen LogP contribution >= 0.6 is 0 Å². The Morgan fingerprint density at radius 3 is 2.45 bits per heavy atom. The van der Waals surface area contributed by atoms with Crippen LogP contribution < -0.4 is 10.3 Å². The summed E-state index contributed by atoms with van der Waals surface area (Å²) in [5.41, 5.74) is 3.45. The van der Waals surface area contributed by atoms with Gasteiger partial charge in [0.1, 0.15) is 5.69 Å². The molecular formula is C15H15N3O2. The third-order valence-corrected chi connectivity index (χ3v) is 3.35. The highest BCUT2D eigenvalue weighted by atomic mass is 16.5. The molecule has 0 atom stereocenters. The van der Waals surface area contributed by atoms with Crippen molar-refractivity contribution in [3.8, 4) is 17.1 Å². The van der Waals surface area contributed by atoms with Crippen molar-refractivity contribution in [2.45, 2.75) is 6.92 Å². The van der Waals surface area contributed by atoms with Gasteiger partial charge in [-0.25, -0.2) is 9.67 Å². The Hall–Kier alpha value is -2.56. The minimum atomic E-state index is -0.108. The molecule has 102 valence electrons. The number of methoxy groups -OCH3 is 1. The van der Waals surface area contributed by atoms with Gasteiger partial charge in [0.2, 0.25) is 5.88 Å². The van der Waals surface area contributed by atoms with Crippen LogP contribution in [0.4, 0.5) is 0 Å². The molecule has 1 aromatic carbocycles. The Labute approximate surface area is 116 Å². The van der Waals surface area contributed by atoms with Crippen LogP contribution in [0.3, 0.4) is 0 Å². The van der Waals surface area contributed by atoms with E-state index in [9.17, 15) is 4.79 Å². The highest BCUT2D eigenvalue weighted by Gasteiger charge is 2.16. The lowest BCUT2D eigenvalue weighted by Gasteiger charge is -2.06. The van der Waals surface area contributed by atoms with Crippen molar-refractivity contribution >= 4 is 5.65 Å². The van der Waals surface area contributed by atoms with Crippen LogP contribution in [-0.2, 0) is 7.05 Å². The van der Waals surface area contributed by atoms with Crippen molar-refractivity contribution in [3.05, 3.63) is 52.3 Å². The van der Waals surface area contributed by atoms with E-state index in [4.69, 9.17) is 4.74 Å². The number of hydrogen-bond acceptors (Lipinski definition) is 3. The number of nitrogens with zero attached hydrogens (tertiary/aromatic N) is 3. The predicted molar refractivity (Wildman–Crippen MR) is 77.2 cm³/mol. The molecule has 2 aromatic heterocycles. The Balaban J connectivity index is 2.34. The smallest absolute Gasteiger partial charge is 0.265 e. The Bertz CT molecular complexity index is 829. The molecule has 0 amide bonds. The number of aromatic nitrogens is 3. The largest absolute Gasteiger partial charge is 0.479 e. The topological polar surface area (TPSA) is 48.5 Å². The highest BCUT2D eigenvalue weighted by molar-refractivity contribution is 5.69. The van der Waals surface area contributed by atoms with Gasteiger partial charge >= 0.3 is 0 Å². The highest BCUT2D eigenvalue weighted by Crippen LogP contribution is 2.29. The van der Waals surface area contributed by atoms with Gasteiger partial charge in [-0.2, -0.15) is 4.52 Å². The maximum absolute atomic E-state index is 11.8. The number of aryl methyl sites for hydroxylation is 2. The SMILES string of the molecule is COc1c(-c2ccc(C)cc2)nc2ccc(=O)n(C)n12. The lowest BCUT2D eigenvalue weighted by atomic mass is 10.1. The van der Waals surface area contributed by atoms with E-state index < -0.39 is 0 Å². The van der Waals surface area contributed by atoms with Crippen LogP contribution in [-0.4, -0.2) is 21.3 Å². The minimum absolute atomic E-state index is 0.108. The van der Waals surface area contributed by atoms with Crippen LogP contribution in [0.1, 0.15) is 5.56 Å². The zero-order valence-corrected chi connectivity index (χ0v) is 11.6. The third-order valence-electron chi connectivity index (χ3n) is 3.35. The van der Waals surface area contributed by atoms with Gasteiger partial charge in [-0.05, 0) is 13.0 Å². The minimum Gasteiger partial charge on any atom is -0.479 e. The molecule has 0 unspecified atom stereocenters. The summed E-state index contributed by atoms with van der Waals surface area (Å²) in [6.45, 7) is 2.04. The van der Waals surface area contributed by atoms with Gasteiger partial charge in [-0.1, -0.05) is 29.8 Å². The fourth-order valence-electron chi connectivity index (χ4n) is 2.25. The molecule has 0 saturated heterocycles. The summed E-state index contributed by atoms with van der Waals surface area (Å²) in [6.07, 6.45) is 0. The molecule has 0 saturated carbocycles. The van der Waals surface area contributed by atoms with E-state index in [2.05, 4.69) is 4.98 Å². The number of rotatable bonds is 2. The molecule has 0 N–H and O–H groups in total. The second-order valence-electron chi connectivity index (χ2n) is 4.70. The van der Waals surface area contributed by atoms with Crippen LogP contribution in [0, 0.1) is 6.92 Å². The molecule has 3 aromatic rings. The molecule has 0 aliphatic rings. The quantitative estimate of drug-likeness (QED) is 0.715. The first kappa shape index (κ1) is 12.5. The third kappa shape index (κ3) is 1.79. The standard InChI is InChI=1S/C15H15N3O2/c1-10-4-6-11(7-5-10)14-15(20-3)18-12(16-14)8-9-13(19)17(18)2/h4-9H,1-3H3. The van der Waals surface area contributed by atoms with Crippen LogP contribution in [0.25, 0.3) is 16.9 Å². The molecular weight excluding hydrogens is 254 g/mol. The molecule has 5 heteroatoms. The van der Waals surface area contributed by atoms with E-state index in [1.165, 1.54) is 16.3 Å². The Morgan fingerprint density at radius 2 is 1.80 bits per heavy atom. The molecule has 0 fully saturated rings. The summed E-state index contributed by atoms with van der Waals surface area (Å²) < 4.78 is 8.62. The van der Waals surface area contributed by atoms with E-state index in [1.54, 1.807) is 24.7 Å². The summed E-state index contributed by atoms with van der Waals surface area (Å²) >= 11 is 0. The second-order valence-corrected chi connectivity index (χ2v) is 4.70. The molecule has 2 heterocycles. The van der Waals surface area contributed by atoms with E-state index in [0.717, 1.165) is 11.3 Å². The zero-order valence-electron chi connectivity index (χ0n) is 11.6. The van der Waals surface area contributed by atoms with Crippen molar-refractivity contribution < 1.29 is 4.74 Å². The summed E-state index contributed by atoms with van der Waals surface area (Å²) in [5.74, 6) is 0.559. The lowest BCUT2D eigenvalue weighted by Crippen LogP contribution is -2.21. The first-order chi connectivity index (χ1) is 9.61. The average Bonchev–Trinajstić information content (AvgIpc) is 2.83. The summed E-state index contributed by atoms with van der Waals surface area (Å²) in [4.78, 5) is 16.3. The van der Waals surface area contributed by atoms with Gasteiger partial charge in [0, 0.05) is 18.7 Å². The van der Waals surface area contributed by atoms with E-state index in [1.807, 2.05) is 31.2 Å². The first-order valence-corrected chi connectivity index (χ1v) is 6.31. The predicted octanol–water partition coefficient (Wildman–Crippen LogP) is 2.02. The summed E-state index contributed by atoms with van der Waals surface area (Å²) in [5, 5.41) is 0.